The van der Waals surface area contributed by atoms with Crippen LogP contribution in [0, 0.1) is 6.92 Å². The molecule has 0 amide bonds. The van der Waals surface area contributed by atoms with E-state index in [4.69, 9.17) is 0 Å². The van der Waals surface area contributed by atoms with Crippen LogP contribution in [0.1, 0.15) is 11.1 Å². The first-order valence-electron chi connectivity index (χ1n) is 5.35. The Balaban J connectivity index is 2.57. The van der Waals surface area contributed by atoms with Crippen molar-refractivity contribution in [1.82, 2.24) is 14.0 Å². The lowest BCUT2D eigenvalue weighted by molar-refractivity contribution is 0.506. The van der Waals surface area contributed by atoms with Crippen LogP contribution in [0.5, 0.6) is 0 Å². The maximum atomic E-state index is 11.5. The number of hydrogen-bond donors (Lipinski definition) is 1. The summed E-state index contributed by atoms with van der Waals surface area (Å²) < 4.78 is 26.6. The number of hydrogen-bond acceptors (Lipinski definition) is 3. The Morgan fingerprint density at radius 2 is 2.12 bits per heavy atom. The molecule has 1 aromatic rings. The minimum Gasteiger partial charge on any atom is -0.264 e. The average Bonchev–Trinajstić information content (AvgIpc) is 2.29. The van der Waals surface area contributed by atoms with E-state index < -0.39 is 10.2 Å². The fourth-order valence-electron chi connectivity index (χ4n) is 1.37. The van der Waals surface area contributed by atoms with Crippen LogP contribution in [0.4, 0.5) is 0 Å². The van der Waals surface area contributed by atoms with E-state index in [1.165, 1.54) is 14.1 Å². The van der Waals surface area contributed by atoms with Gasteiger partial charge in [0.25, 0.3) is 10.2 Å². The summed E-state index contributed by atoms with van der Waals surface area (Å²) in [4.78, 5) is 4.01. The molecule has 0 aliphatic carbocycles. The van der Waals surface area contributed by atoms with Gasteiger partial charge in [-0.05, 0) is 37.0 Å². The third kappa shape index (κ3) is 4.07. The van der Waals surface area contributed by atoms with Crippen molar-refractivity contribution in [2.24, 2.45) is 0 Å². The zero-order valence-corrected chi connectivity index (χ0v) is 11.0. The molecule has 1 radical (unpaired) electrons. The fraction of sp³-hybridized carbons (Fsp3) is 0.455. The number of rotatable bonds is 6. The molecule has 0 saturated carbocycles. The molecular weight excluding hydrogens is 238 g/mol. The second-order valence-corrected chi connectivity index (χ2v) is 5.80. The van der Waals surface area contributed by atoms with Gasteiger partial charge in [-0.25, -0.2) is 4.72 Å². The third-order valence-electron chi connectivity index (χ3n) is 2.43. The Bertz CT molecular complexity index is 458. The van der Waals surface area contributed by atoms with Crippen LogP contribution in [0.15, 0.2) is 18.5 Å². The van der Waals surface area contributed by atoms with Crippen LogP contribution >= 0.6 is 0 Å². The Hall–Kier alpha value is -0.980. The molecule has 95 valence electrons. The van der Waals surface area contributed by atoms with E-state index in [0.29, 0.717) is 19.4 Å². The van der Waals surface area contributed by atoms with Crippen LogP contribution in [0.25, 0.3) is 0 Å². The summed E-state index contributed by atoms with van der Waals surface area (Å²) in [5.41, 5.74) is 2.13. The van der Waals surface area contributed by atoms with Gasteiger partial charge >= 0.3 is 0 Å². The molecule has 0 spiro atoms. The number of nitrogens with one attached hydrogen (secondary N) is 1. The normalized spacial score (nSPS) is 12.0. The van der Waals surface area contributed by atoms with Crippen LogP contribution in [0.3, 0.4) is 0 Å². The third-order valence-corrected chi connectivity index (χ3v) is 3.96. The molecule has 0 aliphatic heterocycles. The molecule has 0 unspecified atom stereocenters. The summed E-state index contributed by atoms with van der Waals surface area (Å²) in [6.45, 7) is 4.19. The van der Waals surface area contributed by atoms with Crippen LogP contribution in [-0.2, 0) is 23.1 Å². The first-order chi connectivity index (χ1) is 7.97. The first kappa shape index (κ1) is 14.1. The van der Waals surface area contributed by atoms with Crippen molar-refractivity contribution in [3.05, 3.63) is 36.5 Å². The Morgan fingerprint density at radius 3 is 2.71 bits per heavy atom. The molecule has 1 aromatic heterocycles. The van der Waals surface area contributed by atoms with Gasteiger partial charge in [0.05, 0.1) is 0 Å². The van der Waals surface area contributed by atoms with Crippen molar-refractivity contribution < 1.29 is 8.42 Å². The number of pyridine rings is 1. The van der Waals surface area contributed by atoms with Crippen molar-refractivity contribution in [1.29, 1.82) is 0 Å². The summed E-state index contributed by atoms with van der Waals surface area (Å²) in [7, 11) is -0.343. The molecule has 0 saturated heterocycles. The number of nitrogens with zero attached hydrogens (tertiary/aromatic N) is 2. The maximum Gasteiger partial charge on any atom is 0.278 e. The van der Waals surface area contributed by atoms with Gasteiger partial charge < -0.3 is 0 Å². The van der Waals surface area contributed by atoms with E-state index in [1.807, 2.05) is 6.07 Å². The van der Waals surface area contributed by atoms with Crippen molar-refractivity contribution in [2.45, 2.75) is 12.8 Å². The zero-order valence-electron chi connectivity index (χ0n) is 10.2. The molecule has 0 aromatic carbocycles. The Morgan fingerprint density at radius 1 is 1.41 bits per heavy atom. The quantitative estimate of drug-likeness (QED) is 0.801. The molecule has 1 heterocycles. The monoisotopic (exact) mass is 256 g/mol. The lowest BCUT2D eigenvalue weighted by Crippen LogP contribution is -2.36. The maximum absolute atomic E-state index is 11.5. The molecule has 5 nitrogen and oxygen atoms in total. The first-order valence-corrected chi connectivity index (χ1v) is 6.79. The van der Waals surface area contributed by atoms with Crippen molar-refractivity contribution >= 4 is 10.2 Å². The minimum absolute atomic E-state index is 0.373. The predicted octanol–water partition coefficient (Wildman–Crippen LogP) is 0.397. The van der Waals surface area contributed by atoms with Gasteiger partial charge in [-0.1, -0.05) is 0 Å². The lowest BCUT2D eigenvalue weighted by atomic mass is 10.1. The second kappa shape index (κ2) is 6.09. The molecular formula is C11H18N3O2S. The summed E-state index contributed by atoms with van der Waals surface area (Å²) in [6.07, 6.45) is 4.77. The van der Waals surface area contributed by atoms with E-state index in [1.54, 1.807) is 12.4 Å². The van der Waals surface area contributed by atoms with Gasteiger partial charge in [-0.15, -0.1) is 0 Å². The topological polar surface area (TPSA) is 62.3 Å². The molecule has 1 N–H and O–H groups in total. The van der Waals surface area contributed by atoms with E-state index in [0.717, 1.165) is 15.4 Å². The summed E-state index contributed by atoms with van der Waals surface area (Å²) >= 11 is 0. The largest absolute Gasteiger partial charge is 0.278 e. The van der Waals surface area contributed by atoms with Crippen LogP contribution < -0.4 is 4.72 Å². The molecule has 1 rings (SSSR count). The molecule has 6 heteroatoms. The summed E-state index contributed by atoms with van der Waals surface area (Å²) in [5, 5.41) is 0. The van der Waals surface area contributed by atoms with Crippen molar-refractivity contribution in [3.63, 3.8) is 0 Å². The van der Waals surface area contributed by atoms with Crippen molar-refractivity contribution in [3.8, 4) is 0 Å². The second-order valence-electron chi connectivity index (χ2n) is 3.83. The molecule has 0 atom stereocenters. The van der Waals surface area contributed by atoms with E-state index in [9.17, 15) is 8.42 Å². The standard InChI is InChI=1S/C11H18N3O2S/c1-4-10-9-12-7-5-11(10)6-8-13-17(15,16)14(2)3/h5,7,9,13H,1,4,6,8H2,2-3H3. The molecule has 0 fully saturated rings. The van der Waals surface area contributed by atoms with Crippen LogP contribution in [-0.4, -0.2) is 38.3 Å². The van der Waals surface area contributed by atoms with E-state index >= 15 is 0 Å². The minimum atomic E-state index is -3.34. The zero-order chi connectivity index (χ0) is 12.9. The molecule has 0 aliphatic rings. The highest BCUT2D eigenvalue weighted by Crippen LogP contribution is 2.07. The fourth-order valence-corrected chi connectivity index (χ4v) is 1.99. The SMILES string of the molecule is [CH2]Cc1cnccc1CCNS(=O)(=O)N(C)C. The highest BCUT2D eigenvalue weighted by molar-refractivity contribution is 7.87. The van der Waals surface area contributed by atoms with Gasteiger partial charge in [0.2, 0.25) is 0 Å². The van der Waals surface area contributed by atoms with Crippen LogP contribution in [0.2, 0.25) is 0 Å². The molecule has 17 heavy (non-hydrogen) atoms. The Kier molecular flexibility index (Phi) is 5.04. The molecule has 0 bridgehead atoms. The smallest absolute Gasteiger partial charge is 0.264 e. The van der Waals surface area contributed by atoms with Gasteiger partial charge in [-0.2, -0.15) is 12.7 Å². The predicted molar refractivity (Wildman–Crippen MR) is 67.6 cm³/mol. The average molecular weight is 256 g/mol. The van der Waals surface area contributed by atoms with Gasteiger partial charge in [0.1, 0.15) is 0 Å². The van der Waals surface area contributed by atoms with Crippen molar-refractivity contribution in [2.75, 3.05) is 20.6 Å². The van der Waals surface area contributed by atoms with E-state index in [2.05, 4.69) is 16.6 Å². The summed E-state index contributed by atoms with van der Waals surface area (Å²) in [6, 6.07) is 1.89. The number of aromatic nitrogens is 1. The highest BCUT2D eigenvalue weighted by Gasteiger charge is 2.11. The van der Waals surface area contributed by atoms with Gasteiger partial charge in [0.15, 0.2) is 0 Å². The highest BCUT2D eigenvalue weighted by atomic mass is 32.2. The lowest BCUT2D eigenvalue weighted by Gasteiger charge is -2.13. The Labute approximate surface area is 103 Å². The van der Waals surface area contributed by atoms with Gasteiger partial charge in [0, 0.05) is 33.0 Å². The van der Waals surface area contributed by atoms with E-state index in [-0.39, 0.29) is 0 Å². The van der Waals surface area contributed by atoms with Gasteiger partial charge in [-0.3, -0.25) is 4.98 Å². The summed E-state index contributed by atoms with van der Waals surface area (Å²) in [5.74, 6) is 0.